The summed E-state index contributed by atoms with van der Waals surface area (Å²) in [6.07, 6.45) is 0. The predicted molar refractivity (Wildman–Crippen MR) is 86.3 cm³/mol. The third-order valence-electron chi connectivity index (χ3n) is 3.80. The first kappa shape index (κ1) is 16.1. The number of carboxylic acid groups (broad SMARTS) is 1. The van der Waals surface area contributed by atoms with Crippen LogP contribution in [0.25, 0.3) is 0 Å². The Hall–Kier alpha value is -2.80. The highest BCUT2D eigenvalue weighted by atomic mass is 16.5. The SMILES string of the molecule is O=C(NCc1ccc(C(=O)O)o1)c1ccc(N2CCOCC2)cc1. The molecule has 2 heterocycles. The molecule has 0 bridgehead atoms. The molecule has 1 amide bonds. The van der Waals surface area contributed by atoms with E-state index < -0.39 is 5.97 Å². The molecule has 2 N–H and O–H groups in total. The van der Waals surface area contributed by atoms with Crippen molar-refractivity contribution in [3.8, 4) is 0 Å². The van der Waals surface area contributed by atoms with Crippen LogP contribution in [0.4, 0.5) is 5.69 Å². The van der Waals surface area contributed by atoms with Gasteiger partial charge < -0.3 is 24.5 Å². The van der Waals surface area contributed by atoms with Gasteiger partial charge >= 0.3 is 5.97 Å². The van der Waals surface area contributed by atoms with Gasteiger partial charge in [-0.3, -0.25) is 4.79 Å². The zero-order chi connectivity index (χ0) is 16.9. The van der Waals surface area contributed by atoms with Gasteiger partial charge in [0.2, 0.25) is 5.76 Å². The predicted octanol–water partition coefficient (Wildman–Crippen LogP) is 1.74. The summed E-state index contributed by atoms with van der Waals surface area (Å²) in [7, 11) is 0. The lowest BCUT2D eigenvalue weighted by Crippen LogP contribution is -2.36. The lowest BCUT2D eigenvalue weighted by molar-refractivity contribution is 0.0660. The highest BCUT2D eigenvalue weighted by molar-refractivity contribution is 5.94. The van der Waals surface area contributed by atoms with Crippen molar-refractivity contribution in [2.75, 3.05) is 31.2 Å². The molecule has 1 aliphatic rings. The highest BCUT2D eigenvalue weighted by Gasteiger charge is 2.13. The Morgan fingerprint density at radius 2 is 1.79 bits per heavy atom. The number of carbonyl (C=O) groups excluding carboxylic acids is 1. The Labute approximate surface area is 138 Å². The van der Waals surface area contributed by atoms with Gasteiger partial charge in [-0.1, -0.05) is 0 Å². The van der Waals surface area contributed by atoms with Crippen LogP contribution in [0, 0.1) is 0 Å². The number of anilines is 1. The van der Waals surface area contributed by atoms with Crippen LogP contribution in [0.5, 0.6) is 0 Å². The maximum Gasteiger partial charge on any atom is 0.371 e. The first-order valence-electron chi connectivity index (χ1n) is 7.66. The van der Waals surface area contributed by atoms with E-state index in [1.54, 1.807) is 12.1 Å². The van der Waals surface area contributed by atoms with E-state index in [4.69, 9.17) is 14.3 Å². The number of carbonyl (C=O) groups is 2. The number of hydrogen-bond donors (Lipinski definition) is 2. The van der Waals surface area contributed by atoms with E-state index in [-0.39, 0.29) is 18.2 Å². The maximum atomic E-state index is 12.1. The van der Waals surface area contributed by atoms with Crippen molar-refractivity contribution in [2.24, 2.45) is 0 Å². The minimum atomic E-state index is -1.13. The number of nitrogens with zero attached hydrogens (tertiary/aromatic N) is 1. The normalized spacial score (nSPS) is 14.4. The van der Waals surface area contributed by atoms with E-state index in [1.165, 1.54) is 12.1 Å². The van der Waals surface area contributed by atoms with Crippen LogP contribution >= 0.6 is 0 Å². The van der Waals surface area contributed by atoms with Gasteiger partial charge in [-0.25, -0.2) is 4.79 Å². The number of hydrogen-bond acceptors (Lipinski definition) is 5. The van der Waals surface area contributed by atoms with Crippen molar-refractivity contribution in [3.05, 3.63) is 53.5 Å². The first-order valence-corrected chi connectivity index (χ1v) is 7.66. The molecule has 2 aromatic rings. The van der Waals surface area contributed by atoms with Crippen LogP contribution in [0.1, 0.15) is 26.7 Å². The average Bonchev–Trinajstić information content (AvgIpc) is 3.10. The quantitative estimate of drug-likeness (QED) is 0.868. The molecular weight excluding hydrogens is 312 g/mol. The lowest BCUT2D eigenvalue weighted by atomic mass is 10.1. The zero-order valence-corrected chi connectivity index (χ0v) is 13.0. The summed E-state index contributed by atoms with van der Waals surface area (Å²) in [5.41, 5.74) is 1.60. The number of amides is 1. The maximum absolute atomic E-state index is 12.1. The van der Waals surface area contributed by atoms with Crippen molar-refractivity contribution < 1.29 is 23.8 Å². The second-order valence-corrected chi connectivity index (χ2v) is 5.40. The molecule has 24 heavy (non-hydrogen) atoms. The molecule has 0 radical (unpaired) electrons. The molecule has 1 fully saturated rings. The number of rotatable bonds is 5. The molecule has 3 rings (SSSR count). The number of aromatic carboxylic acids is 1. The zero-order valence-electron chi connectivity index (χ0n) is 13.0. The molecule has 0 atom stereocenters. The van der Waals surface area contributed by atoms with Gasteiger partial charge in [0.15, 0.2) is 0 Å². The summed E-state index contributed by atoms with van der Waals surface area (Å²) in [5, 5.41) is 11.5. The van der Waals surface area contributed by atoms with E-state index in [0.29, 0.717) is 24.5 Å². The second kappa shape index (κ2) is 7.18. The summed E-state index contributed by atoms with van der Waals surface area (Å²) >= 11 is 0. The minimum absolute atomic E-state index is 0.136. The fraction of sp³-hybridized carbons (Fsp3) is 0.294. The Morgan fingerprint density at radius 3 is 2.42 bits per heavy atom. The van der Waals surface area contributed by atoms with Gasteiger partial charge in [-0.05, 0) is 36.4 Å². The van der Waals surface area contributed by atoms with E-state index in [2.05, 4.69) is 10.2 Å². The number of ether oxygens (including phenoxy) is 1. The molecule has 7 heteroatoms. The van der Waals surface area contributed by atoms with E-state index in [1.807, 2.05) is 12.1 Å². The third kappa shape index (κ3) is 3.75. The number of benzene rings is 1. The fourth-order valence-corrected chi connectivity index (χ4v) is 2.50. The van der Waals surface area contributed by atoms with Crippen molar-refractivity contribution in [3.63, 3.8) is 0 Å². The van der Waals surface area contributed by atoms with Gasteiger partial charge in [0.05, 0.1) is 19.8 Å². The average molecular weight is 330 g/mol. The molecule has 0 spiro atoms. The van der Waals surface area contributed by atoms with Crippen LogP contribution in [-0.4, -0.2) is 43.3 Å². The molecule has 1 saturated heterocycles. The van der Waals surface area contributed by atoms with Crippen LogP contribution in [0.3, 0.4) is 0 Å². The molecule has 0 saturated carbocycles. The molecule has 1 aromatic heterocycles. The summed E-state index contributed by atoms with van der Waals surface area (Å²) < 4.78 is 10.4. The van der Waals surface area contributed by atoms with Crippen LogP contribution in [-0.2, 0) is 11.3 Å². The Morgan fingerprint density at radius 1 is 1.08 bits per heavy atom. The number of nitrogens with one attached hydrogen (secondary N) is 1. The van der Waals surface area contributed by atoms with Crippen molar-refractivity contribution in [1.82, 2.24) is 5.32 Å². The van der Waals surface area contributed by atoms with E-state index in [9.17, 15) is 9.59 Å². The van der Waals surface area contributed by atoms with Crippen molar-refractivity contribution >= 4 is 17.6 Å². The fourth-order valence-electron chi connectivity index (χ4n) is 2.50. The summed E-state index contributed by atoms with van der Waals surface area (Å²) in [5.74, 6) is -1.12. The summed E-state index contributed by atoms with van der Waals surface area (Å²) in [6.45, 7) is 3.25. The number of carboxylic acids is 1. The molecule has 1 aromatic carbocycles. The van der Waals surface area contributed by atoms with E-state index >= 15 is 0 Å². The van der Waals surface area contributed by atoms with Crippen LogP contribution < -0.4 is 10.2 Å². The Kier molecular flexibility index (Phi) is 4.81. The first-order chi connectivity index (χ1) is 11.6. The van der Waals surface area contributed by atoms with Gasteiger partial charge in [-0.15, -0.1) is 0 Å². The molecule has 0 aliphatic carbocycles. The van der Waals surface area contributed by atoms with Crippen LogP contribution in [0.2, 0.25) is 0 Å². The highest BCUT2D eigenvalue weighted by Crippen LogP contribution is 2.17. The molecule has 1 aliphatic heterocycles. The minimum Gasteiger partial charge on any atom is -0.475 e. The van der Waals surface area contributed by atoms with Crippen molar-refractivity contribution in [2.45, 2.75) is 6.54 Å². The summed E-state index contributed by atoms with van der Waals surface area (Å²) in [6, 6.07) is 10.3. The third-order valence-corrected chi connectivity index (χ3v) is 3.80. The number of furan rings is 1. The molecule has 7 nitrogen and oxygen atoms in total. The Balaban J connectivity index is 1.57. The van der Waals surface area contributed by atoms with Gasteiger partial charge in [0.25, 0.3) is 5.91 Å². The van der Waals surface area contributed by atoms with Gasteiger partial charge in [-0.2, -0.15) is 0 Å². The smallest absolute Gasteiger partial charge is 0.371 e. The van der Waals surface area contributed by atoms with Crippen molar-refractivity contribution in [1.29, 1.82) is 0 Å². The van der Waals surface area contributed by atoms with Gasteiger partial charge in [0.1, 0.15) is 5.76 Å². The van der Waals surface area contributed by atoms with Gasteiger partial charge in [0, 0.05) is 24.3 Å². The Bertz CT molecular complexity index is 717. The molecule has 126 valence electrons. The molecular formula is C17H18N2O5. The second-order valence-electron chi connectivity index (χ2n) is 5.40. The molecule has 0 unspecified atom stereocenters. The standard InChI is InChI=1S/C17H18N2O5/c20-16(18-11-14-5-6-15(24-14)17(21)22)12-1-3-13(4-2-12)19-7-9-23-10-8-19/h1-6H,7-11H2,(H,18,20)(H,21,22). The summed E-state index contributed by atoms with van der Waals surface area (Å²) in [4.78, 5) is 25.1. The largest absolute Gasteiger partial charge is 0.475 e. The van der Waals surface area contributed by atoms with Crippen LogP contribution in [0.15, 0.2) is 40.8 Å². The lowest BCUT2D eigenvalue weighted by Gasteiger charge is -2.28. The number of morpholine rings is 1. The topological polar surface area (TPSA) is 92.0 Å². The van der Waals surface area contributed by atoms with E-state index in [0.717, 1.165) is 18.8 Å². The monoisotopic (exact) mass is 330 g/mol.